The molecule has 1 aliphatic heterocycles. The molecule has 1 aliphatic rings. The molecule has 30 heavy (non-hydrogen) atoms. The molecule has 0 fully saturated rings. The van der Waals surface area contributed by atoms with Gasteiger partial charge in [-0.15, -0.1) is 11.3 Å². The summed E-state index contributed by atoms with van der Waals surface area (Å²) >= 11 is 13.7. The molecule has 5 nitrogen and oxygen atoms in total. The van der Waals surface area contributed by atoms with Crippen LogP contribution in [0, 0.1) is 6.92 Å². The number of amides is 2. The molecular formula is C22H16Cl2N2O3S. The van der Waals surface area contributed by atoms with Crippen LogP contribution in [0.4, 0.5) is 11.4 Å². The predicted molar refractivity (Wildman–Crippen MR) is 122 cm³/mol. The van der Waals surface area contributed by atoms with Gasteiger partial charge < -0.3 is 10.1 Å². The van der Waals surface area contributed by atoms with Crippen molar-refractivity contribution in [1.29, 1.82) is 0 Å². The van der Waals surface area contributed by atoms with Crippen LogP contribution in [0.3, 0.4) is 0 Å². The van der Waals surface area contributed by atoms with Crippen LogP contribution in [-0.2, 0) is 9.59 Å². The Labute approximate surface area is 187 Å². The summed E-state index contributed by atoms with van der Waals surface area (Å²) in [5.41, 5.74) is 2.41. The van der Waals surface area contributed by atoms with E-state index in [9.17, 15) is 9.59 Å². The number of methoxy groups -OCH3 is 1. The fourth-order valence-corrected chi connectivity index (χ4v) is 4.38. The summed E-state index contributed by atoms with van der Waals surface area (Å²) in [6.45, 7) is 1.90. The van der Waals surface area contributed by atoms with Gasteiger partial charge in [0.2, 0.25) is 0 Å². The van der Waals surface area contributed by atoms with Crippen LogP contribution >= 0.6 is 34.5 Å². The van der Waals surface area contributed by atoms with Gasteiger partial charge in [0, 0.05) is 15.6 Å². The Kier molecular flexibility index (Phi) is 5.56. The van der Waals surface area contributed by atoms with E-state index in [-0.39, 0.29) is 5.70 Å². The first-order valence-corrected chi connectivity index (χ1v) is 10.6. The maximum Gasteiger partial charge on any atom is 0.282 e. The number of benzene rings is 2. The lowest BCUT2D eigenvalue weighted by Crippen LogP contribution is -2.32. The summed E-state index contributed by atoms with van der Waals surface area (Å²) in [5, 5.41) is 5.82. The number of imide groups is 1. The lowest BCUT2D eigenvalue weighted by Gasteiger charge is -2.17. The molecule has 1 N–H and O–H groups in total. The molecule has 3 aromatic rings. The van der Waals surface area contributed by atoms with Crippen molar-refractivity contribution in [2.75, 3.05) is 17.3 Å². The number of rotatable bonds is 5. The first-order chi connectivity index (χ1) is 14.4. The highest BCUT2D eigenvalue weighted by atomic mass is 35.5. The third kappa shape index (κ3) is 3.58. The third-order valence-electron chi connectivity index (χ3n) is 4.70. The Morgan fingerprint density at radius 2 is 1.83 bits per heavy atom. The summed E-state index contributed by atoms with van der Waals surface area (Å²) in [6.07, 6.45) is 0. The van der Waals surface area contributed by atoms with Crippen LogP contribution in [0.2, 0.25) is 10.0 Å². The van der Waals surface area contributed by atoms with Crippen LogP contribution in [0.1, 0.15) is 10.4 Å². The highest BCUT2D eigenvalue weighted by Gasteiger charge is 2.41. The zero-order chi connectivity index (χ0) is 21.4. The van der Waals surface area contributed by atoms with E-state index in [1.807, 2.05) is 30.5 Å². The number of carbonyl (C=O) groups is 2. The smallest absolute Gasteiger partial charge is 0.282 e. The number of hydrogen-bond acceptors (Lipinski definition) is 5. The van der Waals surface area contributed by atoms with Crippen LogP contribution in [0.25, 0.3) is 5.57 Å². The van der Waals surface area contributed by atoms with Crippen LogP contribution in [0.5, 0.6) is 5.75 Å². The SMILES string of the molecule is COc1ccc(N2C(=O)C(Nc3cc(Cl)ccc3C)=C(c3cccs3)C2=O)cc1Cl. The largest absolute Gasteiger partial charge is 0.495 e. The second-order valence-electron chi connectivity index (χ2n) is 6.58. The van der Waals surface area contributed by atoms with Crippen LogP contribution in [-0.4, -0.2) is 18.9 Å². The molecule has 152 valence electrons. The molecule has 0 unspecified atom stereocenters. The number of aryl methyl sites for hydroxylation is 1. The Bertz CT molecular complexity index is 1190. The second-order valence-corrected chi connectivity index (χ2v) is 8.37. The lowest BCUT2D eigenvalue weighted by molar-refractivity contribution is -0.120. The van der Waals surface area contributed by atoms with Gasteiger partial charge in [0.25, 0.3) is 11.8 Å². The maximum absolute atomic E-state index is 13.4. The van der Waals surface area contributed by atoms with Crippen molar-refractivity contribution in [3.8, 4) is 5.75 Å². The van der Waals surface area contributed by atoms with E-state index in [1.54, 1.807) is 24.3 Å². The predicted octanol–water partition coefficient (Wildman–Crippen LogP) is 5.77. The standard InChI is InChI=1S/C22H16Cl2N2O3S/c1-12-5-6-13(23)10-16(12)25-20-19(18-4-3-9-30-18)21(27)26(22(20)28)14-7-8-17(29-2)15(24)11-14/h3-11,25H,1-2H3. The molecule has 0 aliphatic carbocycles. The van der Waals surface area contributed by atoms with E-state index >= 15 is 0 Å². The minimum Gasteiger partial charge on any atom is -0.495 e. The topological polar surface area (TPSA) is 58.6 Å². The third-order valence-corrected chi connectivity index (χ3v) is 6.12. The first kappa shape index (κ1) is 20.5. The summed E-state index contributed by atoms with van der Waals surface area (Å²) < 4.78 is 5.17. The second kappa shape index (κ2) is 8.14. The average molecular weight is 459 g/mol. The number of carbonyl (C=O) groups excluding carboxylic acids is 2. The monoisotopic (exact) mass is 458 g/mol. The van der Waals surface area contributed by atoms with Gasteiger partial charge >= 0.3 is 0 Å². The molecule has 2 amide bonds. The van der Waals surface area contributed by atoms with Crippen molar-refractivity contribution in [3.05, 3.63) is 80.1 Å². The van der Waals surface area contributed by atoms with Crippen molar-refractivity contribution in [2.45, 2.75) is 6.92 Å². The molecular weight excluding hydrogens is 443 g/mol. The van der Waals surface area contributed by atoms with E-state index in [2.05, 4.69) is 5.32 Å². The number of anilines is 2. The Hall–Kier alpha value is -2.80. The molecule has 2 aromatic carbocycles. The zero-order valence-corrected chi connectivity index (χ0v) is 18.4. The molecule has 1 aromatic heterocycles. The zero-order valence-electron chi connectivity index (χ0n) is 16.0. The lowest BCUT2D eigenvalue weighted by atomic mass is 10.1. The van der Waals surface area contributed by atoms with Crippen LogP contribution < -0.4 is 15.0 Å². The quantitative estimate of drug-likeness (QED) is 0.493. The van der Waals surface area contributed by atoms with Gasteiger partial charge in [-0.1, -0.05) is 35.3 Å². The normalized spacial score (nSPS) is 13.9. The number of thiophene rings is 1. The summed E-state index contributed by atoms with van der Waals surface area (Å²) in [4.78, 5) is 28.5. The van der Waals surface area contributed by atoms with Crippen molar-refractivity contribution < 1.29 is 14.3 Å². The Morgan fingerprint density at radius 3 is 2.50 bits per heavy atom. The minimum atomic E-state index is -0.469. The Balaban J connectivity index is 1.81. The molecule has 8 heteroatoms. The fraction of sp³-hybridized carbons (Fsp3) is 0.0909. The van der Waals surface area contributed by atoms with Gasteiger partial charge in [0.05, 0.1) is 23.4 Å². The molecule has 0 spiro atoms. The Morgan fingerprint density at radius 1 is 1.03 bits per heavy atom. The minimum absolute atomic E-state index is 0.194. The summed E-state index contributed by atoms with van der Waals surface area (Å²) in [5.74, 6) is -0.436. The van der Waals surface area contributed by atoms with E-state index in [1.165, 1.54) is 24.5 Å². The van der Waals surface area contributed by atoms with E-state index in [0.29, 0.717) is 37.6 Å². The molecule has 0 bridgehead atoms. The van der Waals surface area contributed by atoms with Gasteiger partial charge in [0.1, 0.15) is 11.4 Å². The van der Waals surface area contributed by atoms with E-state index in [4.69, 9.17) is 27.9 Å². The van der Waals surface area contributed by atoms with E-state index < -0.39 is 11.8 Å². The van der Waals surface area contributed by atoms with Gasteiger partial charge in [0.15, 0.2) is 0 Å². The summed E-state index contributed by atoms with van der Waals surface area (Å²) in [6, 6.07) is 13.8. The van der Waals surface area contributed by atoms with Crippen molar-refractivity contribution >= 4 is 63.3 Å². The summed E-state index contributed by atoms with van der Waals surface area (Å²) in [7, 11) is 1.50. The maximum atomic E-state index is 13.4. The van der Waals surface area contributed by atoms with Crippen molar-refractivity contribution in [1.82, 2.24) is 0 Å². The number of nitrogens with zero attached hydrogens (tertiary/aromatic N) is 1. The first-order valence-electron chi connectivity index (χ1n) is 8.94. The molecule has 0 atom stereocenters. The molecule has 0 radical (unpaired) electrons. The van der Waals surface area contributed by atoms with Gasteiger partial charge in [-0.25, -0.2) is 4.90 Å². The highest BCUT2D eigenvalue weighted by Crippen LogP contribution is 2.38. The molecule has 4 rings (SSSR count). The van der Waals surface area contributed by atoms with Gasteiger partial charge in [-0.3, -0.25) is 9.59 Å². The molecule has 2 heterocycles. The number of halogens is 2. The van der Waals surface area contributed by atoms with Gasteiger partial charge in [-0.2, -0.15) is 0 Å². The highest BCUT2D eigenvalue weighted by molar-refractivity contribution is 7.11. The average Bonchev–Trinajstić information content (AvgIpc) is 3.31. The fourth-order valence-electron chi connectivity index (χ4n) is 3.19. The van der Waals surface area contributed by atoms with Crippen molar-refractivity contribution in [2.24, 2.45) is 0 Å². The van der Waals surface area contributed by atoms with Gasteiger partial charge in [-0.05, 0) is 54.3 Å². The van der Waals surface area contributed by atoms with Crippen LogP contribution in [0.15, 0.2) is 59.6 Å². The van der Waals surface area contributed by atoms with E-state index in [0.717, 1.165) is 10.5 Å². The molecule has 0 saturated heterocycles. The van der Waals surface area contributed by atoms with Crippen molar-refractivity contribution in [3.63, 3.8) is 0 Å². The number of ether oxygens (including phenoxy) is 1. The molecule has 0 saturated carbocycles. The number of hydrogen-bond donors (Lipinski definition) is 1. The number of nitrogens with one attached hydrogen (secondary N) is 1.